The van der Waals surface area contributed by atoms with Gasteiger partial charge in [-0.15, -0.1) is 0 Å². The molecule has 0 aliphatic carbocycles. The van der Waals surface area contributed by atoms with E-state index in [2.05, 4.69) is 10.4 Å². The molecule has 0 unspecified atom stereocenters. The van der Waals surface area contributed by atoms with Gasteiger partial charge in [-0.2, -0.15) is 5.10 Å². The molecule has 0 atom stereocenters. The van der Waals surface area contributed by atoms with Crippen molar-refractivity contribution in [3.63, 3.8) is 0 Å². The number of benzene rings is 1. The molecule has 0 bridgehead atoms. The molecule has 2 aromatic rings. The molecule has 0 radical (unpaired) electrons. The Morgan fingerprint density at radius 3 is 2.69 bits per heavy atom. The van der Waals surface area contributed by atoms with Gasteiger partial charge >= 0.3 is 0 Å². The quantitative estimate of drug-likeness (QED) is 0.888. The number of morpholine rings is 1. The molecule has 1 aromatic heterocycles. The van der Waals surface area contributed by atoms with Crippen LogP contribution in [0.4, 0.5) is 5.69 Å². The minimum atomic E-state index is -0.230. The molecule has 26 heavy (non-hydrogen) atoms. The van der Waals surface area contributed by atoms with Gasteiger partial charge < -0.3 is 15.0 Å². The maximum absolute atomic E-state index is 12.5. The van der Waals surface area contributed by atoms with Crippen LogP contribution in [0.1, 0.15) is 21.7 Å². The molecule has 8 heteroatoms. The number of halogens is 1. The summed E-state index contributed by atoms with van der Waals surface area (Å²) in [7, 11) is 0. The summed E-state index contributed by atoms with van der Waals surface area (Å²) in [6.45, 7) is 5.91. The van der Waals surface area contributed by atoms with Crippen molar-refractivity contribution in [1.82, 2.24) is 14.7 Å². The first-order chi connectivity index (χ1) is 12.4. The van der Waals surface area contributed by atoms with Crippen LogP contribution in [0.25, 0.3) is 0 Å². The Morgan fingerprint density at radius 1 is 1.23 bits per heavy atom. The van der Waals surface area contributed by atoms with Gasteiger partial charge in [-0.05, 0) is 37.6 Å². The first-order valence-electron chi connectivity index (χ1n) is 8.41. The van der Waals surface area contributed by atoms with E-state index in [-0.39, 0.29) is 18.4 Å². The highest BCUT2D eigenvalue weighted by atomic mass is 35.5. The SMILES string of the molecule is Cc1ccc(Cl)cc1NC(=O)Cn1nc(C(=O)N2CCOCC2)cc1C. The van der Waals surface area contributed by atoms with Crippen LogP contribution in [0.15, 0.2) is 24.3 Å². The number of aryl methyl sites for hydroxylation is 2. The predicted octanol–water partition coefficient (Wildman–Crippen LogP) is 2.26. The summed E-state index contributed by atoms with van der Waals surface area (Å²) in [6.07, 6.45) is 0. The predicted molar refractivity (Wildman–Crippen MR) is 98.5 cm³/mol. The van der Waals surface area contributed by atoms with Crippen molar-refractivity contribution in [2.24, 2.45) is 0 Å². The van der Waals surface area contributed by atoms with Crippen molar-refractivity contribution in [2.45, 2.75) is 20.4 Å². The number of carbonyl (C=O) groups is 2. The maximum Gasteiger partial charge on any atom is 0.274 e. The van der Waals surface area contributed by atoms with Crippen LogP contribution < -0.4 is 5.32 Å². The zero-order valence-electron chi connectivity index (χ0n) is 14.8. The number of hydrogen-bond donors (Lipinski definition) is 1. The number of nitrogens with one attached hydrogen (secondary N) is 1. The van der Waals surface area contributed by atoms with Crippen LogP contribution >= 0.6 is 11.6 Å². The zero-order valence-corrected chi connectivity index (χ0v) is 15.5. The minimum Gasteiger partial charge on any atom is -0.378 e. The van der Waals surface area contributed by atoms with Gasteiger partial charge in [0, 0.05) is 29.5 Å². The topological polar surface area (TPSA) is 76.5 Å². The highest BCUT2D eigenvalue weighted by Crippen LogP contribution is 2.20. The van der Waals surface area contributed by atoms with E-state index in [0.29, 0.717) is 42.7 Å². The molecule has 1 aromatic carbocycles. The number of anilines is 1. The molecule has 138 valence electrons. The Kier molecular flexibility index (Phi) is 5.58. The van der Waals surface area contributed by atoms with Crippen molar-refractivity contribution in [2.75, 3.05) is 31.6 Å². The lowest BCUT2D eigenvalue weighted by molar-refractivity contribution is -0.116. The zero-order chi connectivity index (χ0) is 18.7. The largest absolute Gasteiger partial charge is 0.378 e. The molecule has 2 amide bonds. The number of rotatable bonds is 4. The first kappa shape index (κ1) is 18.4. The second-order valence-electron chi connectivity index (χ2n) is 6.24. The Balaban J connectivity index is 1.68. The number of aromatic nitrogens is 2. The lowest BCUT2D eigenvalue weighted by Gasteiger charge is -2.25. The monoisotopic (exact) mass is 376 g/mol. The van der Waals surface area contributed by atoms with E-state index in [1.165, 1.54) is 4.68 Å². The van der Waals surface area contributed by atoms with E-state index >= 15 is 0 Å². The lowest BCUT2D eigenvalue weighted by Crippen LogP contribution is -2.40. The van der Waals surface area contributed by atoms with Gasteiger partial charge in [-0.1, -0.05) is 17.7 Å². The van der Waals surface area contributed by atoms with Gasteiger partial charge in [0.1, 0.15) is 6.54 Å². The van der Waals surface area contributed by atoms with Crippen LogP contribution in [0.3, 0.4) is 0 Å². The molecular formula is C18H21ClN4O3. The van der Waals surface area contributed by atoms with Crippen LogP contribution in [0.5, 0.6) is 0 Å². The second-order valence-corrected chi connectivity index (χ2v) is 6.68. The van der Waals surface area contributed by atoms with Crippen molar-refractivity contribution in [3.8, 4) is 0 Å². The fourth-order valence-corrected chi connectivity index (χ4v) is 2.93. The summed E-state index contributed by atoms with van der Waals surface area (Å²) in [5.41, 5.74) is 2.68. The van der Waals surface area contributed by atoms with Crippen LogP contribution in [0.2, 0.25) is 5.02 Å². The summed E-state index contributed by atoms with van der Waals surface area (Å²) >= 11 is 5.98. The van der Waals surface area contributed by atoms with Crippen molar-refractivity contribution < 1.29 is 14.3 Å². The van der Waals surface area contributed by atoms with Gasteiger partial charge in [-0.3, -0.25) is 14.3 Å². The van der Waals surface area contributed by atoms with Gasteiger partial charge in [0.25, 0.3) is 5.91 Å². The lowest BCUT2D eigenvalue weighted by atomic mass is 10.2. The molecule has 1 aliphatic heterocycles. The molecule has 1 saturated heterocycles. The second kappa shape index (κ2) is 7.88. The van der Waals surface area contributed by atoms with E-state index in [1.54, 1.807) is 23.1 Å². The standard InChI is InChI=1S/C18H21ClN4O3/c1-12-3-4-14(19)10-15(12)20-17(24)11-23-13(2)9-16(21-23)18(25)22-5-7-26-8-6-22/h3-4,9-10H,5-8,11H2,1-2H3,(H,20,24). The van der Waals surface area contributed by atoms with E-state index in [0.717, 1.165) is 11.3 Å². The number of nitrogens with zero attached hydrogens (tertiary/aromatic N) is 3. The number of carbonyl (C=O) groups excluding carboxylic acids is 2. The molecule has 3 rings (SSSR count). The van der Waals surface area contributed by atoms with Gasteiger partial charge in [-0.25, -0.2) is 0 Å². The summed E-state index contributed by atoms with van der Waals surface area (Å²) < 4.78 is 6.79. The van der Waals surface area contributed by atoms with Gasteiger partial charge in [0.15, 0.2) is 5.69 Å². The van der Waals surface area contributed by atoms with Gasteiger partial charge in [0.05, 0.1) is 13.2 Å². The van der Waals surface area contributed by atoms with Crippen LogP contribution in [0, 0.1) is 13.8 Å². The first-order valence-corrected chi connectivity index (χ1v) is 8.79. The number of amides is 2. The average Bonchev–Trinajstić information content (AvgIpc) is 2.98. The summed E-state index contributed by atoms with van der Waals surface area (Å²) in [5.74, 6) is -0.367. The third kappa shape index (κ3) is 4.23. The van der Waals surface area contributed by atoms with E-state index in [9.17, 15) is 9.59 Å². The van der Waals surface area contributed by atoms with Crippen LogP contribution in [-0.4, -0.2) is 52.8 Å². The average molecular weight is 377 g/mol. The van der Waals surface area contributed by atoms with E-state index in [4.69, 9.17) is 16.3 Å². The molecule has 0 saturated carbocycles. The number of hydrogen-bond acceptors (Lipinski definition) is 4. The summed E-state index contributed by atoms with van der Waals surface area (Å²) in [6, 6.07) is 7.03. The minimum absolute atomic E-state index is 0.0220. The fraction of sp³-hybridized carbons (Fsp3) is 0.389. The van der Waals surface area contributed by atoms with Crippen LogP contribution in [-0.2, 0) is 16.1 Å². The van der Waals surface area contributed by atoms with E-state index < -0.39 is 0 Å². The molecule has 1 aliphatic rings. The highest BCUT2D eigenvalue weighted by Gasteiger charge is 2.22. The molecule has 1 fully saturated rings. The third-order valence-electron chi connectivity index (χ3n) is 4.27. The molecule has 7 nitrogen and oxygen atoms in total. The third-order valence-corrected chi connectivity index (χ3v) is 4.50. The summed E-state index contributed by atoms with van der Waals surface area (Å²) in [5, 5.41) is 7.69. The fourth-order valence-electron chi connectivity index (χ4n) is 2.76. The van der Waals surface area contributed by atoms with Gasteiger partial charge in [0.2, 0.25) is 5.91 Å². The van der Waals surface area contributed by atoms with Crippen molar-refractivity contribution in [1.29, 1.82) is 0 Å². The van der Waals surface area contributed by atoms with Crippen molar-refractivity contribution in [3.05, 3.63) is 46.2 Å². The Labute approximate surface area is 156 Å². The highest BCUT2D eigenvalue weighted by molar-refractivity contribution is 6.31. The molecule has 0 spiro atoms. The maximum atomic E-state index is 12.5. The molecule has 2 heterocycles. The number of ether oxygens (including phenoxy) is 1. The Hall–Kier alpha value is -2.38. The molecular weight excluding hydrogens is 356 g/mol. The smallest absolute Gasteiger partial charge is 0.274 e. The van der Waals surface area contributed by atoms with Crippen molar-refractivity contribution >= 4 is 29.1 Å². The van der Waals surface area contributed by atoms with E-state index in [1.807, 2.05) is 19.9 Å². The Morgan fingerprint density at radius 2 is 1.96 bits per heavy atom. The Bertz CT molecular complexity index is 828. The summed E-state index contributed by atoms with van der Waals surface area (Å²) in [4.78, 5) is 26.6. The molecule has 1 N–H and O–H groups in total. The normalized spacial score (nSPS) is 14.3.